The Hall–Kier alpha value is -3.18. The zero-order valence-corrected chi connectivity index (χ0v) is 22.5. The summed E-state index contributed by atoms with van der Waals surface area (Å²) < 4.78 is 0. The Labute approximate surface area is 217 Å². The van der Waals surface area contributed by atoms with Gasteiger partial charge in [0, 0.05) is 42.7 Å². The first-order valence-electron chi connectivity index (χ1n) is 13.1. The first kappa shape index (κ1) is 27.4. The van der Waals surface area contributed by atoms with Crippen LogP contribution in [-0.2, 0) is 17.6 Å². The fraction of sp³-hybridized carbons (Fsp3) is 0.419. The van der Waals surface area contributed by atoms with Crippen LogP contribution < -0.4 is 10.7 Å². The minimum absolute atomic E-state index is 0.0616. The summed E-state index contributed by atoms with van der Waals surface area (Å²) in [7, 11) is 6.06. The van der Waals surface area contributed by atoms with Crippen LogP contribution in [-0.4, -0.2) is 50.6 Å². The van der Waals surface area contributed by atoms with Crippen molar-refractivity contribution >= 4 is 12.0 Å². The summed E-state index contributed by atoms with van der Waals surface area (Å²) in [6, 6.07) is 9.15. The Morgan fingerprint density at radius 2 is 1.97 bits per heavy atom. The summed E-state index contributed by atoms with van der Waals surface area (Å²) in [5.41, 5.74) is 9.96. The molecule has 0 saturated carbocycles. The molecule has 0 radical (unpaired) electrons. The molecule has 1 fully saturated rings. The zero-order valence-electron chi connectivity index (χ0n) is 22.5. The second-order valence-corrected chi connectivity index (χ2v) is 9.89. The van der Waals surface area contributed by atoms with E-state index in [4.69, 9.17) is 5.10 Å². The van der Waals surface area contributed by atoms with Crippen LogP contribution >= 0.6 is 0 Å². The van der Waals surface area contributed by atoms with Crippen molar-refractivity contribution in [2.24, 2.45) is 16.9 Å². The number of nitrogens with one attached hydrogen (secondary N) is 2. The van der Waals surface area contributed by atoms with Crippen LogP contribution in [0.3, 0.4) is 0 Å². The molecule has 0 spiro atoms. The molecular weight excluding hydrogens is 444 g/mol. The maximum atomic E-state index is 11.8. The van der Waals surface area contributed by atoms with Gasteiger partial charge in [-0.2, -0.15) is 5.10 Å². The van der Waals surface area contributed by atoms with Gasteiger partial charge in [-0.25, -0.2) is 0 Å². The van der Waals surface area contributed by atoms with Crippen LogP contribution in [0.15, 0.2) is 88.7 Å². The lowest BCUT2D eigenvalue weighted by Crippen LogP contribution is -2.49. The SMILES string of the molecule is CC/C=C\C=C(/C)C1/C(=N/NC)C2=CC(C=O)CC=C/C=C\2NC1Cc1ccc(CCN(C)C)cc1. The number of fused-ring (bicyclic) bond motifs is 1. The van der Waals surface area contributed by atoms with Crippen LogP contribution in [0.2, 0.25) is 0 Å². The van der Waals surface area contributed by atoms with Gasteiger partial charge in [0.15, 0.2) is 0 Å². The lowest BCUT2D eigenvalue weighted by molar-refractivity contribution is -0.109. The maximum absolute atomic E-state index is 11.8. The monoisotopic (exact) mass is 486 g/mol. The van der Waals surface area contributed by atoms with Gasteiger partial charge < -0.3 is 20.4 Å². The number of benzene rings is 1. The second-order valence-electron chi connectivity index (χ2n) is 9.89. The second kappa shape index (κ2) is 13.8. The predicted molar refractivity (Wildman–Crippen MR) is 152 cm³/mol. The Morgan fingerprint density at radius 1 is 1.22 bits per heavy atom. The first-order chi connectivity index (χ1) is 17.5. The standard InChI is InChI=1S/C31H42N4O/c1-6-7-8-11-23(2)30-29(21-25-16-14-24(15-17-25)18-19-35(4)5)33-28-13-10-9-12-26(22-36)20-27(28)31(30)34-32-3/h7-11,13-17,20,22,26,29-30,32-33H,6,12,18-19,21H2,1-5H3/b8-7-,10-9?,23-11+,27-20?,28-13+,34-31+. The molecule has 2 N–H and O–H groups in total. The number of rotatable bonds is 10. The van der Waals surface area contributed by atoms with E-state index < -0.39 is 0 Å². The van der Waals surface area contributed by atoms with Gasteiger partial charge >= 0.3 is 0 Å². The van der Waals surface area contributed by atoms with Crippen molar-refractivity contribution < 1.29 is 4.79 Å². The number of piperidine rings is 1. The minimum atomic E-state index is -0.167. The third-order valence-corrected chi connectivity index (χ3v) is 6.75. The number of nitrogens with zero attached hydrogens (tertiary/aromatic N) is 2. The van der Waals surface area contributed by atoms with E-state index in [1.807, 2.05) is 13.1 Å². The molecule has 0 bridgehead atoms. The highest BCUT2D eigenvalue weighted by atomic mass is 16.1. The van der Waals surface area contributed by atoms with Gasteiger partial charge in [0.25, 0.3) is 0 Å². The van der Waals surface area contributed by atoms with E-state index in [9.17, 15) is 4.79 Å². The van der Waals surface area contributed by atoms with Gasteiger partial charge in [-0.1, -0.05) is 73.2 Å². The molecule has 1 aromatic rings. The smallest absolute Gasteiger partial charge is 0.127 e. The van der Waals surface area contributed by atoms with E-state index in [1.54, 1.807) is 0 Å². The molecule has 0 aromatic heterocycles. The quantitative estimate of drug-likeness (QED) is 0.278. The Balaban J connectivity index is 2.00. The predicted octanol–water partition coefficient (Wildman–Crippen LogP) is 4.99. The van der Waals surface area contributed by atoms with Gasteiger partial charge in [0.05, 0.1) is 5.71 Å². The number of hydrogen-bond donors (Lipinski definition) is 2. The number of hydrazone groups is 1. The van der Waals surface area contributed by atoms with Crippen LogP contribution in [0, 0.1) is 11.8 Å². The molecule has 3 atom stereocenters. The lowest BCUT2D eigenvalue weighted by atomic mass is 9.76. The maximum Gasteiger partial charge on any atom is 0.127 e. The van der Waals surface area contributed by atoms with Crippen molar-refractivity contribution in [2.45, 2.75) is 45.6 Å². The molecule has 3 unspecified atom stereocenters. The molecule has 1 aromatic carbocycles. The summed E-state index contributed by atoms with van der Waals surface area (Å²) >= 11 is 0. The zero-order chi connectivity index (χ0) is 25.9. The molecular formula is C31H42N4O. The van der Waals surface area contributed by atoms with Crippen LogP contribution in [0.4, 0.5) is 0 Å². The summed E-state index contributed by atoms with van der Waals surface area (Å²) in [5, 5.41) is 8.62. The number of hydrogen-bond acceptors (Lipinski definition) is 5. The molecule has 2 aliphatic rings. The van der Waals surface area contributed by atoms with Crippen molar-refractivity contribution in [3.63, 3.8) is 0 Å². The fourth-order valence-electron chi connectivity index (χ4n) is 4.81. The van der Waals surface area contributed by atoms with Gasteiger partial charge in [-0.15, -0.1) is 0 Å². The van der Waals surface area contributed by atoms with E-state index in [1.165, 1.54) is 16.7 Å². The van der Waals surface area contributed by atoms with Gasteiger partial charge in [-0.05, 0) is 63.9 Å². The number of aldehydes is 1. The lowest BCUT2D eigenvalue weighted by Gasteiger charge is -2.39. The molecule has 5 nitrogen and oxygen atoms in total. The van der Waals surface area contributed by atoms with E-state index in [2.05, 4.69) is 104 Å². The van der Waals surface area contributed by atoms with E-state index in [0.29, 0.717) is 6.42 Å². The van der Waals surface area contributed by atoms with Crippen molar-refractivity contribution in [2.75, 3.05) is 27.7 Å². The summed E-state index contributed by atoms with van der Waals surface area (Å²) in [4.78, 5) is 14.0. The normalized spacial score (nSPS) is 25.0. The first-order valence-corrected chi connectivity index (χ1v) is 13.1. The largest absolute Gasteiger partial charge is 0.380 e. The Bertz CT molecular complexity index is 1060. The van der Waals surface area contributed by atoms with Crippen molar-refractivity contribution in [3.05, 3.63) is 94.8 Å². The van der Waals surface area contributed by atoms with E-state index >= 15 is 0 Å². The minimum Gasteiger partial charge on any atom is -0.380 e. The number of carbonyl (C=O) groups is 1. The van der Waals surface area contributed by atoms with Crippen molar-refractivity contribution in [1.82, 2.24) is 15.6 Å². The highest BCUT2D eigenvalue weighted by Crippen LogP contribution is 2.33. The van der Waals surface area contributed by atoms with Crippen LogP contribution in [0.25, 0.3) is 0 Å². The molecule has 5 heteroatoms. The molecule has 1 aliphatic carbocycles. The number of likely N-dealkylation sites (N-methyl/N-ethyl adjacent to an activating group) is 1. The fourth-order valence-corrected chi connectivity index (χ4v) is 4.81. The summed E-state index contributed by atoms with van der Waals surface area (Å²) in [6.07, 6.45) is 19.5. The van der Waals surface area contributed by atoms with E-state index in [0.717, 1.165) is 49.1 Å². The van der Waals surface area contributed by atoms with Crippen LogP contribution in [0.1, 0.15) is 37.8 Å². The average Bonchev–Trinajstić information content (AvgIpc) is 2.85. The Kier molecular flexibility index (Phi) is 10.5. The molecule has 0 amide bonds. The molecule has 36 heavy (non-hydrogen) atoms. The van der Waals surface area contributed by atoms with Gasteiger partial charge in [0.1, 0.15) is 6.29 Å². The molecule has 3 rings (SSSR count). The topological polar surface area (TPSA) is 56.7 Å². The average molecular weight is 487 g/mol. The Morgan fingerprint density at radius 3 is 2.64 bits per heavy atom. The molecule has 1 aliphatic heterocycles. The van der Waals surface area contributed by atoms with E-state index in [-0.39, 0.29) is 17.9 Å². The summed E-state index contributed by atoms with van der Waals surface area (Å²) in [5.74, 6) is -0.105. The molecule has 1 saturated heterocycles. The third-order valence-electron chi connectivity index (χ3n) is 6.75. The highest BCUT2D eigenvalue weighted by Gasteiger charge is 2.37. The van der Waals surface area contributed by atoms with Crippen molar-refractivity contribution in [3.8, 4) is 0 Å². The molecule has 1 heterocycles. The summed E-state index contributed by atoms with van der Waals surface area (Å²) in [6.45, 7) is 5.37. The highest BCUT2D eigenvalue weighted by molar-refractivity contribution is 6.08. The third kappa shape index (κ3) is 7.41. The molecule has 192 valence electrons. The van der Waals surface area contributed by atoms with Crippen molar-refractivity contribution in [1.29, 1.82) is 0 Å². The van der Waals surface area contributed by atoms with Gasteiger partial charge in [-0.3, -0.25) is 0 Å². The number of allylic oxidation sites excluding steroid dienone is 8. The number of carbonyl (C=O) groups excluding carboxylic acids is 1. The van der Waals surface area contributed by atoms with Crippen LogP contribution in [0.5, 0.6) is 0 Å². The van der Waals surface area contributed by atoms with Gasteiger partial charge in [0.2, 0.25) is 0 Å².